The molecule has 0 aromatic rings. The zero-order valence-electron chi connectivity index (χ0n) is 4.79. The van der Waals surface area contributed by atoms with Crippen molar-refractivity contribution in [3.63, 3.8) is 0 Å². The highest BCUT2D eigenvalue weighted by atomic mass is 35.5. The highest BCUT2D eigenvalue weighted by Gasteiger charge is 2.08. The van der Waals surface area contributed by atoms with E-state index < -0.39 is 0 Å². The Kier molecular flexibility index (Phi) is 2.58. The van der Waals surface area contributed by atoms with Gasteiger partial charge in [-0.25, -0.2) is 0 Å². The van der Waals surface area contributed by atoms with Gasteiger partial charge in [0.15, 0.2) is 0 Å². The van der Waals surface area contributed by atoms with Crippen LogP contribution in [-0.2, 0) is 4.84 Å². The summed E-state index contributed by atoms with van der Waals surface area (Å²) in [5.41, 5.74) is -0.193. The van der Waals surface area contributed by atoms with E-state index in [0.29, 0.717) is 0 Å². The summed E-state index contributed by atoms with van der Waals surface area (Å²) in [4.78, 5) is 6.82. The number of nitrogens with one attached hydrogen (secondary N) is 1. The van der Waals surface area contributed by atoms with Crippen LogP contribution in [0.5, 0.6) is 0 Å². The molecule has 3 heteroatoms. The number of halogens is 1. The van der Waals surface area contributed by atoms with E-state index in [1.807, 2.05) is 20.8 Å². The van der Waals surface area contributed by atoms with Gasteiger partial charge in [-0.05, 0) is 20.8 Å². The predicted octanol–water partition coefficient (Wildman–Crippen LogP) is 1.46. The number of hydrogen-bond acceptors (Lipinski definition) is 2. The normalized spacial score (nSPS) is 12.0. The molecule has 7 heavy (non-hydrogen) atoms. The second kappa shape index (κ2) is 2.50. The van der Waals surface area contributed by atoms with Crippen molar-refractivity contribution >= 4 is 11.8 Å². The van der Waals surface area contributed by atoms with Crippen molar-refractivity contribution in [2.75, 3.05) is 0 Å². The molecule has 0 aromatic carbocycles. The molecular weight excluding hydrogens is 114 g/mol. The Bertz CT molecular complexity index is 50.1. The summed E-state index contributed by atoms with van der Waals surface area (Å²) in [5.74, 6) is 0. The molecular formula is C4H10ClNO. The first kappa shape index (κ1) is 7.21. The molecule has 0 fully saturated rings. The van der Waals surface area contributed by atoms with E-state index in [2.05, 4.69) is 5.00 Å². The Labute approximate surface area is 48.9 Å². The van der Waals surface area contributed by atoms with Gasteiger partial charge in [0, 0.05) is 11.8 Å². The van der Waals surface area contributed by atoms with Crippen LogP contribution in [0.25, 0.3) is 0 Å². The summed E-state index contributed by atoms with van der Waals surface area (Å²) in [6, 6.07) is 0. The smallest absolute Gasteiger partial charge is 0.0828 e. The first-order valence-electron chi connectivity index (χ1n) is 2.10. The zero-order chi connectivity index (χ0) is 5.91. The minimum absolute atomic E-state index is 0.193. The van der Waals surface area contributed by atoms with E-state index in [1.54, 1.807) is 0 Å². The van der Waals surface area contributed by atoms with Crippen LogP contribution in [0.1, 0.15) is 20.8 Å². The van der Waals surface area contributed by atoms with E-state index in [-0.39, 0.29) is 5.60 Å². The Morgan fingerprint density at radius 2 is 1.86 bits per heavy atom. The first-order valence-corrected chi connectivity index (χ1v) is 2.48. The minimum atomic E-state index is -0.193. The Balaban J connectivity index is 3.15. The van der Waals surface area contributed by atoms with Crippen molar-refractivity contribution in [1.29, 1.82) is 0 Å². The van der Waals surface area contributed by atoms with Gasteiger partial charge >= 0.3 is 0 Å². The molecule has 44 valence electrons. The van der Waals surface area contributed by atoms with Crippen LogP contribution in [0.2, 0.25) is 0 Å². The van der Waals surface area contributed by atoms with Gasteiger partial charge in [-0.2, -0.15) is 0 Å². The van der Waals surface area contributed by atoms with E-state index in [4.69, 9.17) is 16.6 Å². The lowest BCUT2D eigenvalue weighted by Gasteiger charge is -2.15. The lowest BCUT2D eigenvalue weighted by molar-refractivity contribution is -0.0350. The lowest BCUT2D eigenvalue weighted by atomic mass is 10.2. The van der Waals surface area contributed by atoms with E-state index in [1.165, 1.54) is 0 Å². The van der Waals surface area contributed by atoms with Crippen LogP contribution >= 0.6 is 11.8 Å². The Morgan fingerprint density at radius 1 is 1.43 bits per heavy atom. The van der Waals surface area contributed by atoms with Crippen molar-refractivity contribution in [2.24, 2.45) is 0 Å². The van der Waals surface area contributed by atoms with Crippen molar-refractivity contribution in [3.05, 3.63) is 0 Å². The van der Waals surface area contributed by atoms with Gasteiger partial charge in [-0.15, -0.1) is 5.00 Å². The minimum Gasteiger partial charge on any atom is -0.281 e. The fourth-order valence-corrected chi connectivity index (χ4v) is 0.347. The van der Waals surface area contributed by atoms with Crippen LogP contribution in [-0.4, -0.2) is 5.60 Å². The third-order valence-corrected chi connectivity index (χ3v) is 0.422. The van der Waals surface area contributed by atoms with Gasteiger partial charge < -0.3 is 0 Å². The molecule has 0 aliphatic rings. The van der Waals surface area contributed by atoms with Gasteiger partial charge in [-0.1, -0.05) is 0 Å². The first-order chi connectivity index (χ1) is 3.06. The second-order valence-corrected chi connectivity index (χ2v) is 2.45. The quantitative estimate of drug-likeness (QED) is 0.421. The van der Waals surface area contributed by atoms with Crippen molar-refractivity contribution in [2.45, 2.75) is 26.4 Å². The zero-order valence-corrected chi connectivity index (χ0v) is 5.54. The van der Waals surface area contributed by atoms with E-state index in [0.717, 1.165) is 0 Å². The maximum absolute atomic E-state index is 5.01. The molecule has 0 unspecified atom stereocenters. The van der Waals surface area contributed by atoms with E-state index in [9.17, 15) is 0 Å². The van der Waals surface area contributed by atoms with Crippen LogP contribution < -0.4 is 5.00 Å². The molecule has 0 heterocycles. The van der Waals surface area contributed by atoms with Gasteiger partial charge in [0.2, 0.25) is 0 Å². The number of rotatable bonds is 1. The molecule has 1 N–H and O–H groups in total. The average Bonchev–Trinajstić information content (AvgIpc) is 1.30. The molecule has 0 saturated heterocycles. The molecule has 0 atom stereocenters. The summed E-state index contributed by atoms with van der Waals surface area (Å²) in [5, 5.41) is 0. The molecule has 0 radical (unpaired) electrons. The monoisotopic (exact) mass is 123 g/mol. The van der Waals surface area contributed by atoms with E-state index >= 15 is 0 Å². The molecule has 0 rings (SSSR count). The summed E-state index contributed by atoms with van der Waals surface area (Å²) in [6.45, 7) is 5.72. The van der Waals surface area contributed by atoms with Crippen LogP contribution in [0.4, 0.5) is 0 Å². The fourth-order valence-electron chi connectivity index (χ4n) is 0.116. The maximum atomic E-state index is 5.01. The SMILES string of the molecule is CC(C)(C)ONCl. The van der Waals surface area contributed by atoms with Crippen molar-refractivity contribution in [1.82, 2.24) is 5.00 Å². The third-order valence-electron chi connectivity index (χ3n) is 0.345. The van der Waals surface area contributed by atoms with Gasteiger partial charge in [0.1, 0.15) is 0 Å². The topological polar surface area (TPSA) is 21.3 Å². The fraction of sp³-hybridized carbons (Fsp3) is 1.00. The summed E-state index contributed by atoms with van der Waals surface area (Å²) >= 11 is 5.01. The molecule has 0 saturated carbocycles. The summed E-state index contributed by atoms with van der Waals surface area (Å²) in [7, 11) is 0. The van der Waals surface area contributed by atoms with Crippen LogP contribution in [0, 0.1) is 0 Å². The Hall–Kier alpha value is 0.210. The van der Waals surface area contributed by atoms with Gasteiger partial charge in [0.25, 0.3) is 0 Å². The van der Waals surface area contributed by atoms with Crippen LogP contribution in [0.15, 0.2) is 0 Å². The molecule has 0 amide bonds. The summed E-state index contributed by atoms with van der Waals surface area (Å²) in [6.07, 6.45) is 0. The molecule has 0 bridgehead atoms. The lowest BCUT2D eigenvalue weighted by Crippen LogP contribution is -2.23. The standard InChI is InChI=1S/C4H10ClNO/c1-4(2,3)7-6-5/h6H,1-3H3. The van der Waals surface area contributed by atoms with Gasteiger partial charge in [-0.3, -0.25) is 4.84 Å². The molecule has 0 aliphatic heterocycles. The largest absolute Gasteiger partial charge is 0.281 e. The highest BCUT2D eigenvalue weighted by Crippen LogP contribution is 2.03. The molecule has 0 aromatic heterocycles. The van der Waals surface area contributed by atoms with Crippen molar-refractivity contribution < 1.29 is 4.84 Å². The van der Waals surface area contributed by atoms with Crippen molar-refractivity contribution in [3.8, 4) is 0 Å². The average molecular weight is 124 g/mol. The molecule has 2 nitrogen and oxygen atoms in total. The second-order valence-electron chi connectivity index (χ2n) is 2.29. The maximum Gasteiger partial charge on any atom is 0.0828 e. The highest BCUT2D eigenvalue weighted by molar-refractivity contribution is 6.12. The predicted molar refractivity (Wildman–Crippen MR) is 29.8 cm³/mol. The number of hydrogen-bond donors (Lipinski definition) is 1. The Morgan fingerprint density at radius 3 is 1.86 bits per heavy atom. The van der Waals surface area contributed by atoms with Gasteiger partial charge in [0.05, 0.1) is 5.60 Å². The molecule has 0 aliphatic carbocycles. The third kappa shape index (κ3) is 6.21. The summed E-state index contributed by atoms with van der Waals surface area (Å²) < 4.78 is 0. The molecule has 0 spiro atoms. The van der Waals surface area contributed by atoms with Crippen LogP contribution in [0.3, 0.4) is 0 Å².